The summed E-state index contributed by atoms with van der Waals surface area (Å²) in [5.74, 6) is 1.79. The molecule has 0 radical (unpaired) electrons. The maximum Gasteiger partial charge on any atom is 0.229 e. The minimum absolute atomic E-state index is 0.0307. The Morgan fingerprint density at radius 2 is 1.79 bits per heavy atom. The van der Waals surface area contributed by atoms with Crippen molar-refractivity contribution in [3.05, 3.63) is 11.7 Å². The maximum absolute atomic E-state index is 11.8. The van der Waals surface area contributed by atoms with Crippen LogP contribution < -0.4 is 5.32 Å². The van der Waals surface area contributed by atoms with Crippen molar-refractivity contribution in [2.45, 2.75) is 76.2 Å². The third-order valence-electron chi connectivity index (χ3n) is 5.58. The number of hydrogen-bond donors (Lipinski definition) is 1. The quantitative estimate of drug-likeness (QED) is 0.920. The predicted molar refractivity (Wildman–Crippen MR) is 91.6 cm³/mol. The number of carbonyl (C=O) groups excluding carboxylic acids is 1. The third kappa shape index (κ3) is 3.97. The Morgan fingerprint density at radius 1 is 1.17 bits per heavy atom. The van der Waals surface area contributed by atoms with Crippen molar-refractivity contribution >= 4 is 5.91 Å². The van der Waals surface area contributed by atoms with Crippen molar-refractivity contribution in [1.29, 1.82) is 0 Å². The number of nitrogens with zero attached hydrogens (tertiary/aromatic N) is 3. The van der Waals surface area contributed by atoms with Crippen LogP contribution in [-0.4, -0.2) is 41.1 Å². The van der Waals surface area contributed by atoms with E-state index in [9.17, 15) is 4.79 Å². The number of hydrogen-bond acceptors (Lipinski definition) is 5. The molecule has 3 rings (SSSR count). The number of likely N-dealkylation sites (tertiary alicyclic amines) is 1. The fourth-order valence-electron chi connectivity index (χ4n) is 4.04. The van der Waals surface area contributed by atoms with Crippen molar-refractivity contribution < 1.29 is 9.32 Å². The Balaban J connectivity index is 1.79. The predicted octanol–water partition coefficient (Wildman–Crippen LogP) is 2.95. The van der Waals surface area contributed by atoms with Crippen LogP contribution in [0.15, 0.2) is 4.52 Å². The van der Waals surface area contributed by atoms with Crippen LogP contribution in [0.5, 0.6) is 0 Å². The van der Waals surface area contributed by atoms with E-state index in [1.807, 2.05) is 0 Å². The molecular weight excluding hydrogens is 304 g/mol. The summed E-state index contributed by atoms with van der Waals surface area (Å²) in [5, 5.41) is 7.42. The average Bonchev–Trinajstić information content (AvgIpc) is 2.99. The van der Waals surface area contributed by atoms with E-state index in [2.05, 4.69) is 22.4 Å². The second-order valence-electron chi connectivity index (χ2n) is 7.56. The number of rotatable bonds is 3. The van der Waals surface area contributed by atoms with Crippen molar-refractivity contribution in [2.24, 2.45) is 0 Å². The lowest BCUT2D eigenvalue weighted by atomic mass is 9.86. The van der Waals surface area contributed by atoms with E-state index in [4.69, 9.17) is 9.51 Å². The maximum atomic E-state index is 11.8. The molecule has 0 unspecified atom stereocenters. The molecule has 1 N–H and O–H groups in total. The molecule has 0 aromatic carbocycles. The monoisotopic (exact) mass is 334 g/mol. The Kier molecular flexibility index (Phi) is 5.54. The summed E-state index contributed by atoms with van der Waals surface area (Å²) >= 11 is 0. The second-order valence-corrected chi connectivity index (χ2v) is 7.56. The summed E-state index contributed by atoms with van der Waals surface area (Å²) < 4.78 is 5.66. The first-order chi connectivity index (χ1) is 11.6. The molecule has 1 saturated carbocycles. The zero-order chi connectivity index (χ0) is 17.0. The SMILES string of the molecule is CC(=O)NC1(c2noc(C3CCCCCCC3)n2)CCN(C)CC1. The standard InChI is InChI=1S/C18H30N4O2/c1-14(23)20-18(10-12-22(2)13-11-18)17-19-16(24-21-17)15-8-6-4-3-5-7-9-15/h15H,3-13H2,1-2H3,(H,20,23). The molecule has 1 saturated heterocycles. The number of carbonyl (C=O) groups is 1. The smallest absolute Gasteiger partial charge is 0.229 e. The van der Waals surface area contributed by atoms with Crippen LogP contribution in [0.2, 0.25) is 0 Å². The molecule has 2 heterocycles. The van der Waals surface area contributed by atoms with Crippen LogP contribution >= 0.6 is 0 Å². The van der Waals surface area contributed by atoms with Crippen molar-refractivity contribution in [2.75, 3.05) is 20.1 Å². The lowest BCUT2D eigenvalue weighted by Gasteiger charge is -2.38. The normalized spacial score (nSPS) is 23.4. The van der Waals surface area contributed by atoms with Crippen LogP contribution in [0.1, 0.15) is 82.3 Å². The molecule has 6 heteroatoms. The highest BCUT2D eigenvalue weighted by Crippen LogP contribution is 2.34. The minimum atomic E-state index is -0.471. The molecule has 2 aliphatic rings. The van der Waals surface area contributed by atoms with E-state index < -0.39 is 5.54 Å². The van der Waals surface area contributed by atoms with Gasteiger partial charge in [0.15, 0.2) is 5.82 Å². The van der Waals surface area contributed by atoms with Crippen LogP contribution in [0.4, 0.5) is 0 Å². The number of amides is 1. The summed E-state index contributed by atoms with van der Waals surface area (Å²) in [6, 6.07) is 0. The summed E-state index contributed by atoms with van der Waals surface area (Å²) in [5.41, 5.74) is -0.471. The minimum Gasteiger partial charge on any atom is -0.343 e. The Labute approximate surface area is 144 Å². The molecule has 1 aliphatic heterocycles. The van der Waals surface area contributed by atoms with E-state index in [0.29, 0.717) is 11.7 Å². The van der Waals surface area contributed by atoms with Gasteiger partial charge < -0.3 is 14.7 Å². The lowest BCUT2D eigenvalue weighted by molar-refractivity contribution is -0.121. The second kappa shape index (κ2) is 7.64. The van der Waals surface area contributed by atoms with Crippen LogP contribution in [0.3, 0.4) is 0 Å². The van der Waals surface area contributed by atoms with Crippen LogP contribution in [0.25, 0.3) is 0 Å². The van der Waals surface area contributed by atoms with Gasteiger partial charge in [0.2, 0.25) is 11.8 Å². The van der Waals surface area contributed by atoms with Gasteiger partial charge in [-0.2, -0.15) is 4.98 Å². The van der Waals surface area contributed by atoms with Crippen LogP contribution in [-0.2, 0) is 10.3 Å². The molecule has 1 aliphatic carbocycles. The van der Waals surface area contributed by atoms with E-state index in [1.165, 1.54) is 32.1 Å². The van der Waals surface area contributed by atoms with Gasteiger partial charge in [0, 0.05) is 25.9 Å². The van der Waals surface area contributed by atoms with E-state index in [-0.39, 0.29) is 5.91 Å². The fraction of sp³-hybridized carbons (Fsp3) is 0.833. The first-order valence-corrected chi connectivity index (χ1v) is 9.40. The van der Waals surface area contributed by atoms with E-state index >= 15 is 0 Å². The molecule has 6 nitrogen and oxygen atoms in total. The van der Waals surface area contributed by atoms with Gasteiger partial charge in [-0.3, -0.25) is 4.79 Å². The summed E-state index contributed by atoms with van der Waals surface area (Å²) in [6.07, 6.45) is 10.4. The van der Waals surface area contributed by atoms with Crippen LogP contribution in [0, 0.1) is 0 Å². The molecule has 0 spiro atoms. The number of nitrogens with one attached hydrogen (secondary N) is 1. The van der Waals surface area contributed by atoms with Gasteiger partial charge in [-0.15, -0.1) is 0 Å². The Bertz CT molecular complexity index is 541. The molecule has 0 bridgehead atoms. The molecular formula is C18H30N4O2. The average molecular weight is 334 g/mol. The zero-order valence-corrected chi connectivity index (χ0v) is 15.0. The highest BCUT2D eigenvalue weighted by atomic mass is 16.5. The first kappa shape index (κ1) is 17.4. The molecule has 134 valence electrons. The van der Waals surface area contributed by atoms with Gasteiger partial charge in [0.05, 0.1) is 0 Å². The molecule has 2 fully saturated rings. The molecule has 1 aromatic heterocycles. The molecule has 1 amide bonds. The van der Waals surface area contributed by atoms with E-state index in [1.54, 1.807) is 6.92 Å². The molecule has 24 heavy (non-hydrogen) atoms. The van der Waals surface area contributed by atoms with Gasteiger partial charge >= 0.3 is 0 Å². The highest BCUT2D eigenvalue weighted by molar-refractivity contribution is 5.74. The summed E-state index contributed by atoms with van der Waals surface area (Å²) in [4.78, 5) is 18.8. The van der Waals surface area contributed by atoms with Gasteiger partial charge in [-0.1, -0.05) is 37.3 Å². The Morgan fingerprint density at radius 3 is 2.42 bits per heavy atom. The van der Waals surface area contributed by atoms with Crippen molar-refractivity contribution in [3.8, 4) is 0 Å². The lowest BCUT2D eigenvalue weighted by Crippen LogP contribution is -2.52. The van der Waals surface area contributed by atoms with Crippen molar-refractivity contribution in [1.82, 2.24) is 20.4 Å². The largest absolute Gasteiger partial charge is 0.343 e. The summed E-state index contributed by atoms with van der Waals surface area (Å²) in [7, 11) is 2.11. The number of piperidine rings is 1. The summed E-state index contributed by atoms with van der Waals surface area (Å²) in [6.45, 7) is 3.41. The zero-order valence-electron chi connectivity index (χ0n) is 15.0. The highest BCUT2D eigenvalue weighted by Gasteiger charge is 2.41. The van der Waals surface area contributed by atoms with Gasteiger partial charge in [-0.05, 0) is 32.7 Å². The Hall–Kier alpha value is -1.43. The number of aromatic nitrogens is 2. The van der Waals surface area contributed by atoms with Gasteiger partial charge in [-0.25, -0.2) is 0 Å². The fourth-order valence-corrected chi connectivity index (χ4v) is 4.04. The molecule has 1 aromatic rings. The van der Waals surface area contributed by atoms with Crippen molar-refractivity contribution in [3.63, 3.8) is 0 Å². The topological polar surface area (TPSA) is 71.3 Å². The first-order valence-electron chi connectivity index (χ1n) is 9.40. The van der Waals surface area contributed by atoms with E-state index in [0.717, 1.165) is 44.7 Å². The van der Waals surface area contributed by atoms with Gasteiger partial charge in [0.25, 0.3) is 0 Å². The third-order valence-corrected chi connectivity index (χ3v) is 5.58. The molecule has 0 atom stereocenters. The van der Waals surface area contributed by atoms with Gasteiger partial charge in [0.1, 0.15) is 5.54 Å².